The van der Waals surface area contributed by atoms with Crippen LogP contribution in [0.2, 0.25) is 0 Å². The number of ether oxygens (including phenoxy) is 2. The zero-order valence-corrected chi connectivity index (χ0v) is 17.1. The van der Waals surface area contributed by atoms with E-state index in [1.165, 1.54) is 5.56 Å². The van der Waals surface area contributed by atoms with Gasteiger partial charge in [0.25, 0.3) is 5.91 Å². The molecule has 0 atom stereocenters. The summed E-state index contributed by atoms with van der Waals surface area (Å²) >= 11 is 0. The fourth-order valence-corrected chi connectivity index (χ4v) is 3.41. The van der Waals surface area contributed by atoms with E-state index >= 15 is 0 Å². The number of hydrogen-bond donors (Lipinski definition) is 0. The molecule has 5 heteroatoms. The molecule has 150 valence electrons. The van der Waals surface area contributed by atoms with E-state index < -0.39 is 0 Å². The molecule has 5 nitrogen and oxygen atoms in total. The number of rotatable bonds is 7. The SMILES string of the molecule is COc1ccc(C(=O)N2CCN(Cc3ccccc3)CC2)cc1COC(C)C. The zero-order chi connectivity index (χ0) is 19.9. The highest BCUT2D eigenvalue weighted by molar-refractivity contribution is 5.94. The lowest BCUT2D eigenvalue weighted by atomic mass is 10.1. The van der Waals surface area contributed by atoms with Crippen molar-refractivity contribution in [3.05, 3.63) is 65.2 Å². The molecule has 0 N–H and O–H groups in total. The Hall–Kier alpha value is -2.37. The van der Waals surface area contributed by atoms with Crippen molar-refractivity contribution in [2.45, 2.75) is 33.1 Å². The summed E-state index contributed by atoms with van der Waals surface area (Å²) in [7, 11) is 1.64. The van der Waals surface area contributed by atoms with Crippen molar-refractivity contribution in [1.82, 2.24) is 9.80 Å². The van der Waals surface area contributed by atoms with Crippen molar-refractivity contribution in [2.75, 3.05) is 33.3 Å². The number of hydrogen-bond acceptors (Lipinski definition) is 4. The third-order valence-corrected chi connectivity index (χ3v) is 5.01. The quantitative estimate of drug-likeness (QED) is 0.734. The molecular weight excluding hydrogens is 352 g/mol. The Bertz CT molecular complexity index is 769. The maximum atomic E-state index is 13.0. The van der Waals surface area contributed by atoms with Crippen LogP contribution in [0.15, 0.2) is 48.5 Å². The summed E-state index contributed by atoms with van der Waals surface area (Å²) in [5.41, 5.74) is 2.91. The first-order valence-electron chi connectivity index (χ1n) is 9.91. The van der Waals surface area contributed by atoms with Gasteiger partial charge in [-0.25, -0.2) is 0 Å². The minimum absolute atomic E-state index is 0.0767. The lowest BCUT2D eigenvalue weighted by Gasteiger charge is -2.35. The van der Waals surface area contributed by atoms with Crippen molar-refractivity contribution in [3.63, 3.8) is 0 Å². The third-order valence-electron chi connectivity index (χ3n) is 5.01. The molecule has 1 heterocycles. The number of piperazine rings is 1. The van der Waals surface area contributed by atoms with Crippen LogP contribution >= 0.6 is 0 Å². The Morgan fingerprint density at radius 3 is 2.39 bits per heavy atom. The van der Waals surface area contributed by atoms with Gasteiger partial charge in [0.05, 0.1) is 19.8 Å². The van der Waals surface area contributed by atoms with E-state index in [1.807, 2.05) is 43.0 Å². The van der Waals surface area contributed by atoms with E-state index in [4.69, 9.17) is 9.47 Å². The van der Waals surface area contributed by atoms with Crippen LogP contribution in [0.25, 0.3) is 0 Å². The van der Waals surface area contributed by atoms with Crippen LogP contribution in [0.1, 0.15) is 35.3 Å². The smallest absolute Gasteiger partial charge is 0.253 e. The highest BCUT2D eigenvalue weighted by Gasteiger charge is 2.23. The highest BCUT2D eigenvalue weighted by atomic mass is 16.5. The average molecular weight is 383 g/mol. The summed E-state index contributed by atoms with van der Waals surface area (Å²) in [5, 5.41) is 0. The number of carbonyl (C=O) groups is 1. The van der Waals surface area contributed by atoms with Crippen LogP contribution < -0.4 is 4.74 Å². The Labute approximate surface area is 167 Å². The van der Waals surface area contributed by atoms with Gasteiger partial charge in [-0.15, -0.1) is 0 Å². The van der Waals surface area contributed by atoms with E-state index in [-0.39, 0.29) is 12.0 Å². The third kappa shape index (κ3) is 5.33. The second-order valence-electron chi connectivity index (χ2n) is 7.44. The maximum absolute atomic E-state index is 13.0. The molecule has 0 bridgehead atoms. The predicted molar refractivity (Wildman–Crippen MR) is 111 cm³/mol. The molecule has 1 saturated heterocycles. The lowest BCUT2D eigenvalue weighted by molar-refractivity contribution is 0.0620. The summed E-state index contributed by atoms with van der Waals surface area (Å²) in [6, 6.07) is 16.1. The molecular formula is C23H30N2O3. The molecule has 1 amide bonds. The van der Waals surface area contributed by atoms with Crippen LogP contribution in [0.5, 0.6) is 5.75 Å². The zero-order valence-electron chi connectivity index (χ0n) is 17.1. The Kier molecular flexibility index (Phi) is 7.06. The molecule has 2 aromatic carbocycles. The highest BCUT2D eigenvalue weighted by Crippen LogP contribution is 2.22. The molecule has 1 aliphatic rings. The van der Waals surface area contributed by atoms with Crippen molar-refractivity contribution in [1.29, 1.82) is 0 Å². The van der Waals surface area contributed by atoms with E-state index in [9.17, 15) is 4.79 Å². The molecule has 0 radical (unpaired) electrons. The summed E-state index contributed by atoms with van der Waals surface area (Å²) in [6.07, 6.45) is 0.127. The first kappa shape index (κ1) is 20.4. The minimum atomic E-state index is 0.0767. The van der Waals surface area contributed by atoms with Gasteiger partial charge in [0.15, 0.2) is 0 Å². The van der Waals surface area contributed by atoms with Crippen molar-refractivity contribution >= 4 is 5.91 Å². The lowest BCUT2D eigenvalue weighted by Crippen LogP contribution is -2.48. The molecule has 0 aromatic heterocycles. The molecule has 2 aromatic rings. The number of nitrogens with zero attached hydrogens (tertiary/aromatic N) is 2. The standard InChI is InChI=1S/C23H30N2O3/c1-18(2)28-17-21-15-20(9-10-22(21)27-3)23(26)25-13-11-24(12-14-25)16-19-7-5-4-6-8-19/h4-10,15,18H,11-14,16-17H2,1-3H3. The predicted octanol–water partition coefficient (Wildman–Crippen LogP) is 3.58. The van der Waals surface area contributed by atoms with E-state index in [0.29, 0.717) is 12.2 Å². The van der Waals surface area contributed by atoms with E-state index in [0.717, 1.165) is 44.0 Å². The second-order valence-corrected chi connectivity index (χ2v) is 7.44. The number of methoxy groups -OCH3 is 1. The normalized spacial score (nSPS) is 15.1. The summed E-state index contributed by atoms with van der Waals surface area (Å²) in [6.45, 7) is 8.63. The van der Waals surface area contributed by atoms with Crippen molar-refractivity contribution in [2.24, 2.45) is 0 Å². The van der Waals surface area contributed by atoms with E-state index in [1.54, 1.807) is 7.11 Å². The minimum Gasteiger partial charge on any atom is -0.496 e. The molecule has 0 spiro atoms. The maximum Gasteiger partial charge on any atom is 0.253 e. The summed E-state index contributed by atoms with van der Waals surface area (Å²) in [4.78, 5) is 17.3. The largest absolute Gasteiger partial charge is 0.496 e. The molecule has 3 rings (SSSR count). The van der Waals surface area contributed by atoms with Crippen LogP contribution in [-0.4, -0.2) is 55.1 Å². The van der Waals surface area contributed by atoms with Gasteiger partial charge in [-0.2, -0.15) is 0 Å². The van der Waals surface area contributed by atoms with Gasteiger partial charge in [-0.05, 0) is 37.6 Å². The van der Waals surface area contributed by atoms with Gasteiger partial charge in [0.1, 0.15) is 5.75 Å². The Balaban J connectivity index is 1.60. The molecule has 28 heavy (non-hydrogen) atoms. The monoisotopic (exact) mass is 382 g/mol. The Morgan fingerprint density at radius 1 is 1.04 bits per heavy atom. The number of amides is 1. The van der Waals surface area contributed by atoms with E-state index in [2.05, 4.69) is 29.2 Å². The van der Waals surface area contributed by atoms with Crippen LogP contribution in [0.3, 0.4) is 0 Å². The summed E-state index contributed by atoms with van der Waals surface area (Å²) < 4.78 is 11.1. The van der Waals surface area contributed by atoms with Gasteiger partial charge >= 0.3 is 0 Å². The van der Waals surface area contributed by atoms with Gasteiger partial charge in [0.2, 0.25) is 0 Å². The van der Waals surface area contributed by atoms with Gasteiger partial charge in [0, 0.05) is 43.9 Å². The fourth-order valence-electron chi connectivity index (χ4n) is 3.41. The molecule has 0 unspecified atom stereocenters. The average Bonchev–Trinajstić information content (AvgIpc) is 2.73. The topological polar surface area (TPSA) is 42.0 Å². The van der Waals surface area contributed by atoms with Crippen molar-refractivity contribution in [3.8, 4) is 5.75 Å². The first-order chi connectivity index (χ1) is 13.6. The second kappa shape index (κ2) is 9.71. The Morgan fingerprint density at radius 2 is 1.75 bits per heavy atom. The molecule has 1 fully saturated rings. The number of carbonyl (C=O) groups excluding carboxylic acids is 1. The van der Waals surface area contributed by atoms with Crippen LogP contribution in [0, 0.1) is 0 Å². The molecule has 1 aliphatic heterocycles. The van der Waals surface area contributed by atoms with Gasteiger partial charge in [-0.1, -0.05) is 30.3 Å². The fraction of sp³-hybridized carbons (Fsp3) is 0.435. The summed E-state index contributed by atoms with van der Waals surface area (Å²) in [5.74, 6) is 0.831. The van der Waals surface area contributed by atoms with Gasteiger partial charge in [-0.3, -0.25) is 9.69 Å². The molecule has 0 saturated carbocycles. The number of benzene rings is 2. The molecule has 0 aliphatic carbocycles. The van der Waals surface area contributed by atoms with Crippen molar-refractivity contribution < 1.29 is 14.3 Å². The van der Waals surface area contributed by atoms with Gasteiger partial charge < -0.3 is 14.4 Å². The first-order valence-corrected chi connectivity index (χ1v) is 9.91. The van der Waals surface area contributed by atoms with Crippen LogP contribution in [0.4, 0.5) is 0 Å². The van der Waals surface area contributed by atoms with Crippen LogP contribution in [-0.2, 0) is 17.9 Å².